The first-order valence-corrected chi connectivity index (χ1v) is 9.61. The summed E-state index contributed by atoms with van der Waals surface area (Å²) in [6.45, 7) is 1.96. The fraction of sp³-hybridized carbons (Fsp3) is 0.273. The number of aryl methyl sites for hydroxylation is 1. The number of carbonyl (C=O) groups excluding carboxylic acids is 1. The summed E-state index contributed by atoms with van der Waals surface area (Å²) in [6, 6.07) is 15.4. The first-order valence-electron chi connectivity index (χ1n) is 9.61. The highest BCUT2D eigenvalue weighted by atomic mass is 16.4. The van der Waals surface area contributed by atoms with Crippen LogP contribution in [0.3, 0.4) is 0 Å². The van der Waals surface area contributed by atoms with Crippen LogP contribution in [0.5, 0.6) is 0 Å². The second-order valence-electron chi connectivity index (χ2n) is 6.75. The molecule has 29 heavy (non-hydrogen) atoms. The minimum atomic E-state index is -1.14. The molecule has 7 nitrogen and oxygen atoms in total. The molecular formula is C22H23N3O4. The van der Waals surface area contributed by atoms with Gasteiger partial charge in [0, 0.05) is 17.6 Å². The molecule has 0 fully saturated rings. The van der Waals surface area contributed by atoms with Crippen molar-refractivity contribution in [2.45, 2.75) is 32.7 Å². The van der Waals surface area contributed by atoms with E-state index in [0.29, 0.717) is 23.0 Å². The molecule has 0 aliphatic rings. The topological polar surface area (TPSA) is 92.5 Å². The maximum absolute atomic E-state index is 13.4. The molecule has 0 aliphatic carbocycles. The third-order valence-electron chi connectivity index (χ3n) is 4.65. The van der Waals surface area contributed by atoms with Gasteiger partial charge in [-0.2, -0.15) is 5.10 Å². The van der Waals surface area contributed by atoms with E-state index in [0.717, 1.165) is 24.2 Å². The molecule has 0 bridgehead atoms. The molecule has 0 saturated heterocycles. The summed E-state index contributed by atoms with van der Waals surface area (Å²) < 4.78 is 1.31. The molecule has 0 aliphatic heterocycles. The quantitative estimate of drug-likeness (QED) is 0.593. The number of unbranched alkanes of at least 4 members (excludes halogenated alkanes) is 2. The van der Waals surface area contributed by atoms with Gasteiger partial charge < -0.3 is 5.11 Å². The maximum Gasteiger partial charge on any atom is 0.323 e. The number of anilines is 1. The van der Waals surface area contributed by atoms with Crippen LogP contribution in [0.15, 0.2) is 59.4 Å². The Kier molecular flexibility index (Phi) is 6.39. The molecule has 0 spiro atoms. The van der Waals surface area contributed by atoms with Gasteiger partial charge in [0.1, 0.15) is 6.54 Å². The van der Waals surface area contributed by atoms with E-state index < -0.39 is 18.4 Å². The van der Waals surface area contributed by atoms with E-state index in [9.17, 15) is 19.5 Å². The van der Waals surface area contributed by atoms with Gasteiger partial charge in [0.25, 0.3) is 11.5 Å². The Balaban J connectivity index is 2.13. The second kappa shape index (κ2) is 9.14. The van der Waals surface area contributed by atoms with Crippen LogP contribution in [0.25, 0.3) is 10.8 Å². The van der Waals surface area contributed by atoms with Crippen molar-refractivity contribution in [2.24, 2.45) is 0 Å². The molecule has 1 aromatic heterocycles. The Hall–Kier alpha value is -3.48. The van der Waals surface area contributed by atoms with Gasteiger partial charge in [0.15, 0.2) is 5.69 Å². The SMILES string of the molecule is CCCCCn1nc(C(=O)N(CC(=O)O)c2ccccc2)c2ccccc2c1=O. The molecular weight excluding hydrogens is 370 g/mol. The van der Waals surface area contributed by atoms with E-state index in [1.165, 1.54) is 4.68 Å². The molecule has 7 heteroatoms. The number of benzene rings is 2. The lowest BCUT2D eigenvalue weighted by atomic mass is 10.1. The predicted molar refractivity (Wildman–Crippen MR) is 111 cm³/mol. The number of aliphatic carboxylic acids is 1. The highest BCUT2D eigenvalue weighted by Crippen LogP contribution is 2.20. The number of hydrogen-bond acceptors (Lipinski definition) is 4. The number of amides is 1. The van der Waals surface area contributed by atoms with Gasteiger partial charge in [-0.1, -0.05) is 56.2 Å². The zero-order valence-electron chi connectivity index (χ0n) is 16.2. The number of nitrogens with zero attached hydrogens (tertiary/aromatic N) is 3. The summed E-state index contributed by atoms with van der Waals surface area (Å²) in [5.41, 5.74) is 0.272. The van der Waals surface area contributed by atoms with Gasteiger partial charge in [-0.25, -0.2) is 4.68 Å². The lowest BCUT2D eigenvalue weighted by Gasteiger charge is -2.21. The molecule has 150 valence electrons. The van der Waals surface area contributed by atoms with Gasteiger partial charge >= 0.3 is 5.97 Å². The molecule has 0 saturated carbocycles. The van der Waals surface area contributed by atoms with E-state index >= 15 is 0 Å². The smallest absolute Gasteiger partial charge is 0.323 e. The van der Waals surface area contributed by atoms with E-state index in [-0.39, 0.29) is 11.3 Å². The average Bonchev–Trinajstić information content (AvgIpc) is 2.74. The standard InChI is InChI=1S/C22H23N3O4/c1-2-3-9-14-25-21(28)18-13-8-7-12-17(18)20(23-25)22(29)24(15-19(26)27)16-10-5-4-6-11-16/h4-8,10-13H,2-3,9,14-15H2,1H3,(H,26,27). The zero-order valence-corrected chi connectivity index (χ0v) is 16.2. The minimum Gasteiger partial charge on any atom is -0.480 e. The second-order valence-corrected chi connectivity index (χ2v) is 6.75. The third-order valence-corrected chi connectivity index (χ3v) is 4.65. The van der Waals surface area contributed by atoms with Gasteiger partial charge in [0.2, 0.25) is 0 Å². The molecule has 1 heterocycles. The number of carbonyl (C=O) groups is 2. The Morgan fingerprint density at radius 2 is 1.66 bits per heavy atom. The van der Waals surface area contributed by atoms with Crippen LogP contribution in [0, 0.1) is 0 Å². The average molecular weight is 393 g/mol. The van der Waals surface area contributed by atoms with Gasteiger partial charge in [-0.15, -0.1) is 0 Å². The maximum atomic E-state index is 13.4. The van der Waals surface area contributed by atoms with E-state index in [1.54, 1.807) is 54.6 Å². The van der Waals surface area contributed by atoms with Crippen molar-refractivity contribution in [1.82, 2.24) is 9.78 Å². The molecule has 3 aromatic rings. The van der Waals surface area contributed by atoms with Gasteiger partial charge in [0.05, 0.1) is 5.39 Å². The molecule has 1 amide bonds. The Labute approximate surface area is 168 Å². The molecule has 1 N–H and O–H groups in total. The van der Waals surface area contributed by atoms with Crippen LogP contribution in [0.1, 0.15) is 36.7 Å². The third kappa shape index (κ3) is 4.51. The zero-order chi connectivity index (χ0) is 20.8. The van der Waals surface area contributed by atoms with Crippen LogP contribution in [0.4, 0.5) is 5.69 Å². The number of para-hydroxylation sites is 1. The van der Waals surface area contributed by atoms with Crippen LogP contribution in [-0.4, -0.2) is 33.3 Å². The number of carboxylic acid groups (broad SMARTS) is 1. The van der Waals surface area contributed by atoms with Gasteiger partial charge in [-0.05, 0) is 24.6 Å². The molecule has 2 aromatic carbocycles. The summed E-state index contributed by atoms with van der Waals surface area (Å²) in [5.74, 6) is -1.69. The van der Waals surface area contributed by atoms with Crippen LogP contribution >= 0.6 is 0 Å². The van der Waals surface area contributed by atoms with E-state index in [4.69, 9.17) is 0 Å². The Morgan fingerprint density at radius 1 is 1.00 bits per heavy atom. The summed E-state index contributed by atoms with van der Waals surface area (Å²) in [6.07, 6.45) is 2.71. The lowest BCUT2D eigenvalue weighted by molar-refractivity contribution is -0.135. The molecule has 0 atom stereocenters. The van der Waals surface area contributed by atoms with E-state index in [2.05, 4.69) is 12.0 Å². The van der Waals surface area contributed by atoms with Crippen molar-refractivity contribution in [2.75, 3.05) is 11.4 Å². The first-order chi connectivity index (χ1) is 14.0. The number of fused-ring (bicyclic) bond motifs is 1. The van der Waals surface area contributed by atoms with Crippen molar-refractivity contribution >= 4 is 28.3 Å². The van der Waals surface area contributed by atoms with Crippen molar-refractivity contribution in [3.8, 4) is 0 Å². The fourth-order valence-corrected chi connectivity index (χ4v) is 3.21. The van der Waals surface area contributed by atoms with Crippen molar-refractivity contribution in [3.05, 3.63) is 70.6 Å². The van der Waals surface area contributed by atoms with Crippen molar-refractivity contribution in [1.29, 1.82) is 0 Å². The predicted octanol–water partition coefficient (Wildman–Crippen LogP) is 3.32. The Bertz CT molecular complexity index is 1080. The summed E-state index contributed by atoms with van der Waals surface area (Å²) >= 11 is 0. The number of carboxylic acids is 1. The Morgan fingerprint density at radius 3 is 2.31 bits per heavy atom. The molecule has 3 rings (SSSR count). The normalized spacial score (nSPS) is 10.8. The van der Waals surface area contributed by atoms with Gasteiger partial charge in [-0.3, -0.25) is 19.3 Å². The number of hydrogen-bond donors (Lipinski definition) is 1. The van der Waals surface area contributed by atoms with Crippen molar-refractivity contribution in [3.63, 3.8) is 0 Å². The highest BCUT2D eigenvalue weighted by Gasteiger charge is 2.25. The summed E-state index contributed by atoms with van der Waals surface area (Å²) in [4.78, 5) is 38.7. The fourth-order valence-electron chi connectivity index (χ4n) is 3.21. The van der Waals surface area contributed by atoms with Crippen LogP contribution in [0.2, 0.25) is 0 Å². The monoisotopic (exact) mass is 393 g/mol. The van der Waals surface area contributed by atoms with Crippen molar-refractivity contribution < 1.29 is 14.7 Å². The molecule has 0 radical (unpaired) electrons. The molecule has 0 unspecified atom stereocenters. The highest BCUT2D eigenvalue weighted by molar-refractivity contribution is 6.13. The van der Waals surface area contributed by atoms with Crippen LogP contribution in [-0.2, 0) is 11.3 Å². The number of rotatable bonds is 8. The summed E-state index contributed by atoms with van der Waals surface area (Å²) in [7, 11) is 0. The first kappa shape index (κ1) is 20.3. The largest absolute Gasteiger partial charge is 0.480 e. The lowest BCUT2D eigenvalue weighted by Crippen LogP contribution is -2.38. The minimum absolute atomic E-state index is 0.0711. The van der Waals surface area contributed by atoms with Crippen LogP contribution < -0.4 is 10.5 Å². The number of aromatic nitrogens is 2. The summed E-state index contributed by atoms with van der Waals surface area (Å²) in [5, 5.41) is 14.5. The van der Waals surface area contributed by atoms with E-state index in [1.807, 2.05) is 0 Å².